The van der Waals surface area contributed by atoms with Crippen molar-refractivity contribution in [1.29, 1.82) is 0 Å². The molecule has 19 heavy (non-hydrogen) atoms. The van der Waals surface area contributed by atoms with Crippen molar-refractivity contribution >= 4 is 5.97 Å². The maximum Gasteiger partial charge on any atom is 0.337 e. The average Bonchev–Trinajstić information content (AvgIpc) is 2.37. The Balaban J connectivity index is 2.60. The van der Waals surface area contributed by atoms with Crippen LogP contribution in [-0.2, 0) is 11.3 Å². The van der Waals surface area contributed by atoms with Crippen molar-refractivity contribution in [2.75, 3.05) is 14.2 Å². The van der Waals surface area contributed by atoms with Gasteiger partial charge < -0.3 is 4.74 Å². The zero-order valence-electron chi connectivity index (χ0n) is 12.6. The van der Waals surface area contributed by atoms with Gasteiger partial charge in [0.15, 0.2) is 0 Å². The molecule has 0 saturated heterocycles. The molecule has 0 heterocycles. The monoisotopic (exact) mass is 263 g/mol. The maximum absolute atomic E-state index is 11.3. The van der Waals surface area contributed by atoms with Crippen LogP contribution in [0.5, 0.6) is 0 Å². The fourth-order valence-electron chi connectivity index (χ4n) is 2.17. The minimum absolute atomic E-state index is 0.284. The molecule has 1 atom stereocenters. The van der Waals surface area contributed by atoms with Crippen molar-refractivity contribution in [3.63, 3.8) is 0 Å². The molecule has 0 radical (unpaired) electrons. The van der Waals surface area contributed by atoms with Crippen LogP contribution in [-0.4, -0.2) is 31.1 Å². The summed E-state index contributed by atoms with van der Waals surface area (Å²) in [6.45, 7) is 7.64. The molecule has 3 nitrogen and oxygen atoms in total. The average molecular weight is 263 g/mol. The van der Waals surface area contributed by atoms with Gasteiger partial charge in [-0.05, 0) is 44.0 Å². The molecule has 3 heteroatoms. The molecule has 0 fully saturated rings. The number of hydrogen-bond donors (Lipinski definition) is 0. The molecule has 1 aromatic carbocycles. The lowest BCUT2D eigenvalue weighted by molar-refractivity contribution is 0.0600. The van der Waals surface area contributed by atoms with Crippen LogP contribution in [0.1, 0.15) is 43.1 Å². The largest absolute Gasteiger partial charge is 0.465 e. The summed E-state index contributed by atoms with van der Waals surface area (Å²) in [5.74, 6) is 0.423. The van der Waals surface area contributed by atoms with Gasteiger partial charge in [0.2, 0.25) is 0 Å². The molecule has 106 valence electrons. The van der Waals surface area contributed by atoms with Gasteiger partial charge in [-0.3, -0.25) is 4.90 Å². The molecular weight excluding hydrogens is 238 g/mol. The van der Waals surface area contributed by atoms with Gasteiger partial charge in [0.1, 0.15) is 0 Å². The molecule has 0 aromatic heterocycles. The molecule has 1 unspecified atom stereocenters. The molecule has 0 amide bonds. The predicted molar refractivity (Wildman–Crippen MR) is 78.2 cm³/mol. The zero-order valence-corrected chi connectivity index (χ0v) is 12.6. The van der Waals surface area contributed by atoms with Crippen molar-refractivity contribution in [2.24, 2.45) is 5.92 Å². The van der Waals surface area contributed by atoms with E-state index in [1.807, 2.05) is 24.3 Å². The smallest absolute Gasteiger partial charge is 0.337 e. The first-order valence-electron chi connectivity index (χ1n) is 6.81. The highest BCUT2D eigenvalue weighted by molar-refractivity contribution is 5.89. The van der Waals surface area contributed by atoms with Crippen LogP contribution >= 0.6 is 0 Å². The quantitative estimate of drug-likeness (QED) is 0.737. The Hall–Kier alpha value is -1.35. The van der Waals surface area contributed by atoms with Crippen LogP contribution in [0.4, 0.5) is 0 Å². The van der Waals surface area contributed by atoms with Gasteiger partial charge in [0.25, 0.3) is 0 Å². The number of carbonyl (C=O) groups is 1. The number of rotatable bonds is 6. The topological polar surface area (TPSA) is 29.5 Å². The summed E-state index contributed by atoms with van der Waals surface area (Å²) in [5.41, 5.74) is 1.81. The zero-order chi connectivity index (χ0) is 14.4. The molecule has 0 saturated carbocycles. The third kappa shape index (κ3) is 5.03. The standard InChI is InChI=1S/C16H25NO2/c1-12(2)10-13(3)17(4)11-14-6-8-15(9-7-14)16(18)19-5/h6-9,12-13H,10-11H2,1-5H3. The Morgan fingerprint density at radius 2 is 1.79 bits per heavy atom. The maximum atomic E-state index is 11.3. The summed E-state index contributed by atoms with van der Waals surface area (Å²) >= 11 is 0. The summed E-state index contributed by atoms with van der Waals surface area (Å²) in [6.07, 6.45) is 1.19. The lowest BCUT2D eigenvalue weighted by Crippen LogP contribution is -2.29. The minimum Gasteiger partial charge on any atom is -0.465 e. The molecular formula is C16H25NO2. The number of ether oxygens (including phenoxy) is 1. The number of methoxy groups -OCH3 is 1. The molecule has 1 rings (SSSR count). The summed E-state index contributed by atoms with van der Waals surface area (Å²) in [6, 6.07) is 8.18. The second-order valence-corrected chi connectivity index (χ2v) is 5.58. The van der Waals surface area contributed by atoms with Crippen molar-refractivity contribution in [2.45, 2.75) is 39.8 Å². The van der Waals surface area contributed by atoms with E-state index in [9.17, 15) is 4.79 Å². The van der Waals surface area contributed by atoms with Crippen molar-refractivity contribution in [3.05, 3.63) is 35.4 Å². The van der Waals surface area contributed by atoms with Crippen LogP contribution < -0.4 is 0 Å². The second-order valence-electron chi connectivity index (χ2n) is 5.58. The van der Waals surface area contributed by atoms with E-state index in [4.69, 9.17) is 0 Å². The van der Waals surface area contributed by atoms with Gasteiger partial charge in [-0.2, -0.15) is 0 Å². The first-order valence-corrected chi connectivity index (χ1v) is 6.81. The van der Waals surface area contributed by atoms with Crippen molar-refractivity contribution in [3.8, 4) is 0 Å². The highest BCUT2D eigenvalue weighted by atomic mass is 16.5. The summed E-state index contributed by atoms with van der Waals surface area (Å²) < 4.78 is 4.69. The van der Waals surface area contributed by atoms with E-state index in [1.165, 1.54) is 19.1 Å². The number of nitrogens with zero attached hydrogens (tertiary/aromatic N) is 1. The van der Waals surface area contributed by atoms with Gasteiger partial charge in [-0.25, -0.2) is 4.79 Å². The molecule has 0 N–H and O–H groups in total. The van der Waals surface area contributed by atoms with Crippen LogP contribution in [0.2, 0.25) is 0 Å². The third-order valence-electron chi connectivity index (χ3n) is 3.37. The third-order valence-corrected chi connectivity index (χ3v) is 3.37. The Labute approximate surface area is 116 Å². The van der Waals surface area contributed by atoms with Crippen molar-refractivity contribution in [1.82, 2.24) is 4.90 Å². The number of benzene rings is 1. The molecule has 1 aromatic rings. The Bertz CT molecular complexity index is 398. The number of carbonyl (C=O) groups excluding carboxylic acids is 1. The van der Waals surface area contributed by atoms with E-state index >= 15 is 0 Å². The van der Waals surface area contributed by atoms with Gasteiger partial charge in [0.05, 0.1) is 12.7 Å². The molecule has 0 aliphatic rings. The molecule has 0 aliphatic carbocycles. The molecule has 0 spiro atoms. The first-order chi connectivity index (χ1) is 8.93. The highest BCUT2D eigenvalue weighted by Crippen LogP contribution is 2.13. The first kappa shape index (κ1) is 15.7. The van der Waals surface area contributed by atoms with Crippen LogP contribution in [0.25, 0.3) is 0 Å². The fraction of sp³-hybridized carbons (Fsp3) is 0.562. The van der Waals surface area contributed by atoms with Gasteiger partial charge in [-0.15, -0.1) is 0 Å². The van der Waals surface area contributed by atoms with Gasteiger partial charge in [0, 0.05) is 12.6 Å². The predicted octanol–water partition coefficient (Wildman–Crippen LogP) is 3.34. The van der Waals surface area contributed by atoms with E-state index in [2.05, 4.69) is 37.5 Å². The lowest BCUT2D eigenvalue weighted by atomic mass is 10.0. The Kier molecular flexibility index (Phi) is 6.03. The summed E-state index contributed by atoms with van der Waals surface area (Å²) in [4.78, 5) is 13.7. The van der Waals surface area contributed by atoms with Crippen molar-refractivity contribution < 1.29 is 9.53 Å². The second kappa shape index (κ2) is 7.29. The normalized spacial score (nSPS) is 12.8. The van der Waals surface area contributed by atoms with E-state index < -0.39 is 0 Å². The van der Waals surface area contributed by atoms with Gasteiger partial charge >= 0.3 is 5.97 Å². The van der Waals surface area contributed by atoms with Gasteiger partial charge in [-0.1, -0.05) is 26.0 Å². The van der Waals surface area contributed by atoms with E-state index in [0.717, 1.165) is 6.54 Å². The SMILES string of the molecule is COC(=O)c1ccc(CN(C)C(C)CC(C)C)cc1. The van der Waals surface area contributed by atoms with Crippen LogP contribution in [0.15, 0.2) is 24.3 Å². The lowest BCUT2D eigenvalue weighted by Gasteiger charge is -2.26. The molecule has 0 aliphatic heterocycles. The Morgan fingerprint density at radius 1 is 1.21 bits per heavy atom. The van der Waals surface area contributed by atoms with E-state index in [1.54, 1.807) is 0 Å². The number of esters is 1. The summed E-state index contributed by atoms with van der Waals surface area (Å²) in [5, 5.41) is 0. The van der Waals surface area contributed by atoms with E-state index in [0.29, 0.717) is 17.5 Å². The van der Waals surface area contributed by atoms with E-state index in [-0.39, 0.29) is 5.97 Å². The van der Waals surface area contributed by atoms with Crippen LogP contribution in [0.3, 0.4) is 0 Å². The molecule has 0 bridgehead atoms. The fourth-order valence-corrected chi connectivity index (χ4v) is 2.17. The Morgan fingerprint density at radius 3 is 2.26 bits per heavy atom. The summed E-state index contributed by atoms with van der Waals surface area (Å²) in [7, 11) is 3.54. The minimum atomic E-state index is -0.284. The van der Waals surface area contributed by atoms with Crippen LogP contribution in [0, 0.1) is 5.92 Å². The highest BCUT2D eigenvalue weighted by Gasteiger charge is 2.12. The number of hydrogen-bond acceptors (Lipinski definition) is 3.